The summed E-state index contributed by atoms with van der Waals surface area (Å²) in [5, 5.41) is 0. The highest BCUT2D eigenvalue weighted by molar-refractivity contribution is 5.64. The molecule has 0 heterocycles. The van der Waals surface area contributed by atoms with Gasteiger partial charge in [0.2, 0.25) is 0 Å². The molecular formula is C40H60O3. The molecule has 0 aromatic heterocycles. The van der Waals surface area contributed by atoms with Gasteiger partial charge in [0.05, 0.1) is 7.11 Å². The van der Waals surface area contributed by atoms with Crippen LogP contribution in [0.25, 0.3) is 11.1 Å². The predicted octanol–water partition coefficient (Wildman–Crippen LogP) is 12.5. The van der Waals surface area contributed by atoms with Crippen molar-refractivity contribution in [2.24, 2.45) is 5.92 Å². The van der Waals surface area contributed by atoms with Gasteiger partial charge >= 0.3 is 6.16 Å². The molecular weight excluding hydrogens is 528 g/mol. The Hall–Kier alpha value is -2.29. The molecule has 0 radical (unpaired) electrons. The second-order valence-electron chi connectivity index (χ2n) is 13.8. The molecule has 238 valence electrons. The fourth-order valence-corrected chi connectivity index (χ4v) is 7.87. The SMILES string of the molecule is CCCCCCCC1CCC(c2ccc(-c3ccc(C4CCC(CCCCCCC)(OC(=O)OC)CC4)cc3)cc2)CC1. The number of carbonyl (C=O) groups is 1. The minimum absolute atomic E-state index is 0.356. The molecule has 0 bridgehead atoms. The van der Waals surface area contributed by atoms with Crippen LogP contribution in [0.1, 0.15) is 165 Å². The average molecular weight is 589 g/mol. The quantitative estimate of drug-likeness (QED) is 0.144. The first-order chi connectivity index (χ1) is 21.1. The van der Waals surface area contributed by atoms with Gasteiger partial charge in [-0.1, -0.05) is 127 Å². The zero-order valence-corrected chi connectivity index (χ0v) is 27.7. The van der Waals surface area contributed by atoms with Gasteiger partial charge < -0.3 is 9.47 Å². The van der Waals surface area contributed by atoms with Crippen molar-refractivity contribution in [3.63, 3.8) is 0 Å². The van der Waals surface area contributed by atoms with Crippen LogP contribution in [0.2, 0.25) is 0 Å². The zero-order chi connectivity index (χ0) is 30.3. The van der Waals surface area contributed by atoms with E-state index >= 15 is 0 Å². The van der Waals surface area contributed by atoms with Crippen molar-refractivity contribution in [3.05, 3.63) is 59.7 Å². The summed E-state index contributed by atoms with van der Waals surface area (Å²) >= 11 is 0. The third kappa shape index (κ3) is 10.4. The maximum Gasteiger partial charge on any atom is 0.508 e. The van der Waals surface area contributed by atoms with Crippen molar-refractivity contribution in [2.75, 3.05) is 7.11 Å². The lowest BCUT2D eigenvalue weighted by molar-refractivity contribution is -0.0574. The third-order valence-corrected chi connectivity index (χ3v) is 10.8. The number of unbranched alkanes of at least 4 members (excludes halogenated alkanes) is 8. The predicted molar refractivity (Wildman–Crippen MR) is 181 cm³/mol. The lowest BCUT2D eigenvalue weighted by Crippen LogP contribution is -2.39. The molecule has 0 spiro atoms. The minimum Gasteiger partial charge on any atom is -0.438 e. The standard InChI is InChI=1S/C40H60O3/c1-4-6-8-10-12-14-32-15-17-33(18-16-32)34-19-21-35(22-20-34)36-23-25-37(26-24-36)38-27-30-40(31-28-38,43-39(41)42-3)29-13-11-9-7-5-2/h19-26,32-33,38H,4-18,27-31H2,1-3H3. The van der Waals surface area contributed by atoms with Crippen LogP contribution >= 0.6 is 0 Å². The number of ether oxygens (including phenoxy) is 2. The Labute approximate surface area is 263 Å². The van der Waals surface area contributed by atoms with E-state index in [4.69, 9.17) is 9.47 Å². The van der Waals surface area contributed by atoms with Crippen LogP contribution in [0.5, 0.6) is 0 Å². The molecule has 2 fully saturated rings. The zero-order valence-electron chi connectivity index (χ0n) is 27.7. The molecule has 2 aliphatic carbocycles. The molecule has 2 saturated carbocycles. The lowest BCUT2D eigenvalue weighted by Gasteiger charge is -2.39. The van der Waals surface area contributed by atoms with Crippen LogP contribution in [-0.2, 0) is 9.47 Å². The maximum absolute atomic E-state index is 12.1. The van der Waals surface area contributed by atoms with Crippen molar-refractivity contribution in [1.82, 2.24) is 0 Å². The number of hydrogen-bond donors (Lipinski definition) is 0. The van der Waals surface area contributed by atoms with Crippen LogP contribution in [0.4, 0.5) is 4.79 Å². The van der Waals surface area contributed by atoms with E-state index in [2.05, 4.69) is 62.4 Å². The summed E-state index contributed by atoms with van der Waals surface area (Å²) in [6.07, 6.45) is 24.6. The van der Waals surface area contributed by atoms with Gasteiger partial charge in [-0.15, -0.1) is 0 Å². The smallest absolute Gasteiger partial charge is 0.438 e. The summed E-state index contributed by atoms with van der Waals surface area (Å²) in [7, 11) is 1.42. The highest BCUT2D eigenvalue weighted by atomic mass is 16.7. The summed E-state index contributed by atoms with van der Waals surface area (Å²) in [6, 6.07) is 18.7. The van der Waals surface area contributed by atoms with Crippen LogP contribution in [-0.4, -0.2) is 18.9 Å². The molecule has 2 aromatic rings. The van der Waals surface area contributed by atoms with E-state index in [0.29, 0.717) is 5.92 Å². The first-order valence-corrected chi connectivity index (χ1v) is 18.0. The van der Waals surface area contributed by atoms with Gasteiger partial charge in [0.15, 0.2) is 0 Å². The molecule has 3 nitrogen and oxygen atoms in total. The van der Waals surface area contributed by atoms with Crippen LogP contribution in [0.3, 0.4) is 0 Å². The summed E-state index contributed by atoms with van der Waals surface area (Å²) in [6.45, 7) is 4.54. The summed E-state index contributed by atoms with van der Waals surface area (Å²) in [5.74, 6) is 2.23. The second-order valence-corrected chi connectivity index (χ2v) is 13.8. The number of hydrogen-bond acceptors (Lipinski definition) is 3. The molecule has 2 aliphatic rings. The fraction of sp³-hybridized carbons (Fsp3) is 0.675. The van der Waals surface area contributed by atoms with Crippen molar-refractivity contribution >= 4 is 6.16 Å². The minimum atomic E-state index is -0.525. The van der Waals surface area contributed by atoms with Gasteiger partial charge in [-0.05, 0) is 104 Å². The Balaban J connectivity index is 1.25. The molecule has 0 N–H and O–H groups in total. The molecule has 0 aliphatic heterocycles. The average Bonchev–Trinajstić information content (AvgIpc) is 3.05. The van der Waals surface area contributed by atoms with E-state index in [9.17, 15) is 4.79 Å². The molecule has 2 aromatic carbocycles. The first-order valence-electron chi connectivity index (χ1n) is 18.0. The molecule has 3 heteroatoms. The Morgan fingerprint density at radius 2 is 1.14 bits per heavy atom. The highest BCUT2D eigenvalue weighted by Crippen LogP contribution is 2.43. The second kappa shape index (κ2) is 17.9. The molecule has 0 atom stereocenters. The third-order valence-electron chi connectivity index (χ3n) is 10.8. The van der Waals surface area contributed by atoms with E-state index in [1.807, 2.05) is 0 Å². The number of carbonyl (C=O) groups excluding carboxylic acids is 1. The van der Waals surface area contributed by atoms with Crippen molar-refractivity contribution in [3.8, 4) is 11.1 Å². The van der Waals surface area contributed by atoms with Crippen molar-refractivity contribution in [2.45, 2.75) is 160 Å². The Kier molecular flexibility index (Phi) is 14.0. The van der Waals surface area contributed by atoms with Crippen LogP contribution in [0, 0.1) is 5.92 Å². The summed E-state index contributed by atoms with van der Waals surface area (Å²) in [4.78, 5) is 12.1. The van der Waals surface area contributed by atoms with Gasteiger partial charge in [0.1, 0.15) is 5.60 Å². The monoisotopic (exact) mass is 588 g/mol. The summed E-state index contributed by atoms with van der Waals surface area (Å²) in [5.41, 5.74) is 5.20. The number of methoxy groups -OCH3 is 1. The molecule has 43 heavy (non-hydrogen) atoms. The van der Waals surface area contributed by atoms with Crippen LogP contribution in [0.15, 0.2) is 48.5 Å². The van der Waals surface area contributed by atoms with E-state index in [-0.39, 0.29) is 5.60 Å². The fourth-order valence-electron chi connectivity index (χ4n) is 7.87. The van der Waals surface area contributed by atoms with Gasteiger partial charge in [0, 0.05) is 0 Å². The Morgan fingerprint density at radius 3 is 1.65 bits per heavy atom. The lowest BCUT2D eigenvalue weighted by atomic mass is 9.74. The maximum atomic E-state index is 12.1. The molecule has 4 rings (SSSR count). The number of rotatable bonds is 16. The topological polar surface area (TPSA) is 35.5 Å². The van der Waals surface area contributed by atoms with Gasteiger partial charge in [-0.3, -0.25) is 0 Å². The van der Waals surface area contributed by atoms with Crippen LogP contribution < -0.4 is 0 Å². The largest absolute Gasteiger partial charge is 0.508 e. The van der Waals surface area contributed by atoms with E-state index in [0.717, 1.165) is 50.4 Å². The summed E-state index contributed by atoms with van der Waals surface area (Å²) < 4.78 is 10.8. The van der Waals surface area contributed by atoms with E-state index in [1.165, 1.54) is 119 Å². The van der Waals surface area contributed by atoms with Gasteiger partial charge in [0.25, 0.3) is 0 Å². The Bertz CT molecular complexity index is 1040. The molecule has 0 saturated heterocycles. The molecule has 0 amide bonds. The highest BCUT2D eigenvalue weighted by Gasteiger charge is 2.39. The van der Waals surface area contributed by atoms with E-state index in [1.54, 1.807) is 0 Å². The molecule has 0 unspecified atom stereocenters. The van der Waals surface area contributed by atoms with E-state index < -0.39 is 6.16 Å². The van der Waals surface area contributed by atoms with Crippen molar-refractivity contribution < 1.29 is 14.3 Å². The van der Waals surface area contributed by atoms with Gasteiger partial charge in [-0.2, -0.15) is 0 Å². The normalized spacial score (nSPS) is 24.0. The first kappa shape index (κ1) is 33.6. The van der Waals surface area contributed by atoms with Gasteiger partial charge in [-0.25, -0.2) is 4.79 Å². The Morgan fingerprint density at radius 1 is 0.651 bits per heavy atom. The number of benzene rings is 2. The van der Waals surface area contributed by atoms with Crippen molar-refractivity contribution in [1.29, 1.82) is 0 Å².